The van der Waals surface area contributed by atoms with Crippen molar-refractivity contribution in [2.24, 2.45) is 0 Å². The number of anilines is 2. The fourth-order valence-electron chi connectivity index (χ4n) is 12.1. The lowest BCUT2D eigenvalue weighted by Gasteiger charge is -2.43. The van der Waals surface area contributed by atoms with Gasteiger partial charge in [0.2, 0.25) is 17.5 Å². The number of aliphatic hydroxyl groups is 2. The summed E-state index contributed by atoms with van der Waals surface area (Å²) in [5.74, 6) is 0.176. The second kappa shape index (κ2) is 29.2. The van der Waals surface area contributed by atoms with Gasteiger partial charge in [0.05, 0.1) is 41.1 Å². The van der Waals surface area contributed by atoms with Crippen LogP contribution in [0.3, 0.4) is 0 Å². The number of aromatic nitrogens is 4. The zero-order valence-electron chi connectivity index (χ0n) is 52.3. The summed E-state index contributed by atoms with van der Waals surface area (Å²) in [6, 6.07) is 18.1. The Bertz CT molecular complexity index is 4400. The van der Waals surface area contributed by atoms with Crippen LogP contribution in [0.15, 0.2) is 119 Å². The maximum Gasteiger partial charge on any atom is 0.490 e. The van der Waals surface area contributed by atoms with E-state index in [1.165, 1.54) is 18.2 Å². The predicted molar refractivity (Wildman–Crippen MR) is 350 cm³/mol. The van der Waals surface area contributed by atoms with Crippen molar-refractivity contribution in [1.82, 2.24) is 24.8 Å². The monoisotopic (exact) mass is 1420 g/mol. The van der Waals surface area contributed by atoms with Gasteiger partial charge in [-0.2, -0.15) is 35.0 Å². The number of nitrogens with one attached hydrogen (secondary N) is 2. The summed E-state index contributed by atoms with van der Waals surface area (Å²) in [7, 11) is -26.0. The predicted octanol–water partition coefficient (Wildman–Crippen LogP) is 7.77. The molecule has 1 amide bonds. The van der Waals surface area contributed by atoms with E-state index in [0.717, 1.165) is 51.0 Å². The first-order chi connectivity index (χ1) is 44.6. The molecule has 514 valence electrons. The molecule has 1 fully saturated rings. The van der Waals surface area contributed by atoms with Crippen molar-refractivity contribution in [3.63, 3.8) is 0 Å². The molecule has 6 heterocycles. The van der Waals surface area contributed by atoms with Gasteiger partial charge in [-0.15, -0.1) is 0 Å². The van der Waals surface area contributed by atoms with Crippen LogP contribution < -0.4 is 26.2 Å². The molecule has 0 bridgehead atoms. The maximum atomic E-state index is 13.3. The zero-order chi connectivity index (χ0) is 69.1. The van der Waals surface area contributed by atoms with E-state index in [9.17, 15) is 74.1 Å². The van der Waals surface area contributed by atoms with Crippen molar-refractivity contribution in [2.45, 2.75) is 126 Å². The molecule has 4 aliphatic heterocycles. The van der Waals surface area contributed by atoms with Crippen molar-refractivity contribution in [3.8, 4) is 5.75 Å². The van der Waals surface area contributed by atoms with Gasteiger partial charge in [-0.1, -0.05) is 73.6 Å². The number of carbonyl (C=O) groups is 1. The molecule has 0 saturated carbocycles. The molecule has 9 rings (SSSR count). The lowest BCUT2D eigenvalue weighted by atomic mass is 9.75. The van der Waals surface area contributed by atoms with E-state index in [1.807, 2.05) is 72.2 Å². The molecule has 1 saturated heterocycles. The average molecular weight is 1420 g/mol. The van der Waals surface area contributed by atoms with Crippen molar-refractivity contribution in [2.75, 3.05) is 49.2 Å². The van der Waals surface area contributed by atoms with Crippen LogP contribution >= 0.6 is 23.5 Å². The summed E-state index contributed by atoms with van der Waals surface area (Å²) >= 11 is 0. The second-order valence-electron chi connectivity index (χ2n) is 23.7. The number of aromatic amines is 1. The molecule has 2 aromatic heterocycles. The second-order valence-corrected chi connectivity index (χ2v) is 31.4. The maximum absolute atomic E-state index is 13.3. The number of fused-ring (bicyclic) bond motifs is 4. The molecule has 4 unspecified atom stereocenters. The Morgan fingerprint density at radius 3 is 2.31 bits per heavy atom. The number of hydrogen-bond acceptors (Lipinski definition) is 21. The van der Waals surface area contributed by atoms with Gasteiger partial charge in [-0.3, -0.25) is 37.3 Å². The van der Waals surface area contributed by atoms with Crippen LogP contribution in [0.1, 0.15) is 114 Å². The van der Waals surface area contributed by atoms with E-state index < -0.39 is 98.2 Å². The summed E-state index contributed by atoms with van der Waals surface area (Å²) in [6.07, 6.45) is 9.86. The van der Waals surface area contributed by atoms with E-state index in [0.29, 0.717) is 47.7 Å². The standard InChI is InChI=1S/C60H75N8O22P3S2/c1-6-68-46-34-48-43(33-42(46)38(2)35-59(68,3)4)40(31-47(87-48)39-19-11-9-12-20-39)21-13-10-14-22-50-60(5,44-32-41(95(82,83)84)24-25-45(44)66(50)28-18-30-94(79,80)81)26-17-23-51(69)62-27-15-7-8-16-29-85-91(73,74)89-93(77,78)90-92(75,76)86-36-49-53(70)54(71)57(88-49)67-37-63-52-55(67)64-58(61)65-56(52)72/h9-14,19-22,24-25,31-35,37,49,53-54,57,70-71H,6-8,15-18,23,26-30,36H2,1-5H3,(H8-,61,62,64,65,69,72,73,74,75,76,77,78,79,80,81,82,83,84)/p+1/t49-,53-,54-,57-,60?/m1/s1. The Morgan fingerprint density at radius 2 is 1.60 bits per heavy atom. The summed E-state index contributed by atoms with van der Waals surface area (Å²) in [4.78, 5) is 67.9. The molecular formula is C60H76N8O22P3S2+. The Labute approximate surface area is 547 Å². The minimum Gasteiger partial charge on any atom is -0.456 e. The Hall–Kier alpha value is -6.64. The lowest BCUT2D eigenvalue weighted by Crippen LogP contribution is -2.44. The smallest absolute Gasteiger partial charge is 0.456 e. The first kappa shape index (κ1) is 72.6. The topological polar surface area (TPSA) is 441 Å². The fourth-order valence-corrected chi connectivity index (χ4v) is 16.7. The number of phosphoric acid groups is 3. The van der Waals surface area contributed by atoms with Crippen LogP contribution in [-0.4, -0.2) is 149 Å². The minimum atomic E-state index is -5.89. The highest BCUT2D eigenvalue weighted by Gasteiger charge is 2.50. The van der Waals surface area contributed by atoms with E-state index in [1.54, 1.807) is 6.08 Å². The van der Waals surface area contributed by atoms with E-state index >= 15 is 0 Å². The van der Waals surface area contributed by atoms with Gasteiger partial charge in [0.25, 0.3) is 25.8 Å². The molecule has 30 nitrogen and oxygen atoms in total. The SMILES string of the molecule is CCN1c2cc3c(cc2C(C)=CC1(C)C)C(=CC=CC=CC1=[N+](CCCS(=O)(=O)O)c2ccc(S(=O)(=O)O)cc2C1(C)CCCC(=O)NCCCCCCOP(=O)(O)OP(=O)(O)OP(=O)(O)OC[C@H]1O[C@@H](n2cnc4c(=O)[nH]c(N)nc42)[C@H](O)[C@@H]1O)C=C(c1ccccc1)O3. The number of nitrogen functional groups attached to an aromatic ring is 1. The highest BCUT2D eigenvalue weighted by molar-refractivity contribution is 7.86. The number of carbonyl (C=O) groups excluding carboxylic acids is 1. The zero-order valence-corrected chi connectivity index (χ0v) is 56.6. The van der Waals surface area contributed by atoms with Crippen molar-refractivity contribution < 1.29 is 101 Å². The number of likely N-dealkylation sites (N-methyl/N-ethyl adjacent to an activating group) is 1. The molecular weight excluding hydrogens is 1340 g/mol. The quantitative estimate of drug-likeness (QED) is 0.00689. The van der Waals surface area contributed by atoms with Crippen molar-refractivity contribution in [1.29, 1.82) is 0 Å². The number of amides is 1. The van der Waals surface area contributed by atoms with Crippen LogP contribution in [0.5, 0.6) is 5.75 Å². The number of benzene rings is 3. The number of imidazole rings is 1. The Balaban J connectivity index is 0.787. The average Bonchev–Trinajstić information content (AvgIpc) is 1.72. The third-order valence-electron chi connectivity index (χ3n) is 16.4. The summed E-state index contributed by atoms with van der Waals surface area (Å²) in [6.45, 7) is 9.97. The number of nitrogens with zero attached hydrogens (tertiary/aromatic N) is 5. The number of allylic oxidation sites excluding steroid dienone is 8. The number of phosphoric ester groups is 2. The molecule has 8 atom stereocenters. The molecule has 3 aromatic carbocycles. The molecule has 0 aliphatic carbocycles. The van der Waals surface area contributed by atoms with Gasteiger partial charge in [-0.25, -0.2) is 18.7 Å². The van der Waals surface area contributed by atoms with Crippen molar-refractivity contribution >= 4 is 101 Å². The highest BCUT2D eigenvalue weighted by atomic mass is 32.2. The largest absolute Gasteiger partial charge is 0.490 e. The van der Waals surface area contributed by atoms with Gasteiger partial charge in [0.1, 0.15) is 36.4 Å². The first-order valence-corrected chi connectivity index (χ1v) is 37.7. The number of H-pyrrole nitrogens is 1. The third kappa shape index (κ3) is 17.6. The van der Waals surface area contributed by atoms with Crippen molar-refractivity contribution in [3.05, 3.63) is 142 Å². The number of nitrogens with two attached hydrogens (primary N) is 1. The summed E-state index contributed by atoms with van der Waals surface area (Å²) < 4.78 is 139. The number of unbranched alkanes of at least 4 members (excludes halogenated alkanes) is 3. The number of rotatable bonds is 30. The van der Waals surface area contributed by atoms with Gasteiger partial charge in [-0.05, 0) is 95.7 Å². The van der Waals surface area contributed by atoms with E-state index in [4.69, 9.17) is 19.7 Å². The van der Waals surface area contributed by atoms with Gasteiger partial charge >= 0.3 is 23.5 Å². The van der Waals surface area contributed by atoms with Crippen LogP contribution in [-0.2, 0) is 66.5 Å². The molecule has 5 aromatic rings. The summed E-state index contributed by atoms with van der Waals surface area (Å²) in [5.41, 5.74) is 10.9. The number of ether oxygens (including phenoxy) is 2. The first-order valence-electron chi connectivity index (χ1n) is 30.2. The molecule has 35 heteroatoms. The number of aliphatic hydroxyl groups excluding tert-OH is 2. The van der Waals surface area contributed by atoms with E-state index in [2.05, 4.69) is 84.2 Å². The van der Waals surface area contributed by atoms with Gasteiger partial charge in [0, 0.05) is 72.1 Å². The summed E-state index contributed by atoms with van der Waals surface area (Å²) in [5, 5.41) is 24.1. The molecule has 0 spiro atoms. The van der Waals surface area contributed by atoms with Crippen LogP contribution in [0.25, 0.3) is 28.1 Å². The molecule has 11 N–H and O–H groups in total. The number of hydrogen-bond donors (Lipinski definition) is 10. The fraction of sp³-hybridized carbons (Fsp3) is 0.417. The Kier molecular flexibility index (Phi) is 22.3. The van der Waals surface area contributed by atoms with Crippen LogP contribution in [0.4, 0.5) is 17.3 Å². The van der Waals surface area contributed by atoms with Crippen LogP contribution in [0.2, 0.25) is 0 Å². The molecule has 95 heavy (non-hydrogen) atoms. The lowest BCUT2D eigenvalue weighted by molar-refractivity contribution is -0.437. The normalized spacial score (nSPS) is 22.7. The van der Waals surface area contributed by atoms with Gasteiger partial charge in [0.15, 0.2) is 23.1 Å². The third-order valence-corrected chi connectivity index (χ3v) is 22.4. The van der Waals surface area contributed by atoms with Gasteiger partial charge < -0.3 is 50.3 Å². The Morgan fingerprint density at radius 1 is 0.884 bits per heavy atom. The molecule has 4 aliphatic rings. The van der Waals surface area contributed by atoms with E-state index in [-0.39, 0.29) is 78.6 Å². The van der Waals surface area contributed by atoms with Crippen LogP contribution in [0, 0.1) is 0 Å². The molecule has 0 radical (unpaired) electrons. The minimum absolute atomic E-state index is 0.0160. The highest BCUT2D eigenvalue weighted by Crippen LogP contribution is 2.68.